The van der Waals surface area contributed by atoms with Gasteiger partial charge in [-0.15, -0.1) is 0 Å². The van der Waals surface area contributed by atoms with Crippen molar-refractivity contribution in [2.75, 3.05) is 9.80 Å². The molecule has 0 saturated heterocycles. The number of hydrogen-bond acceptors (Lipinski definition) is 4. The average molecular weight is 552 g/mol. The molecule has 0 radical (unpaired) electrons. The summed E-state index contributed by atoms with van der Waals surface area (Å²) in [4.78, 5) is 4.66. The van der Waals surface area contributed by atoms with Gasteiger partial charge >= 0.3 is 6.71 Å². The van der Waals surface area contributed by atoms with E-state index in [4.69, 9.17) is 8.83 Å². The fraction of sp³-hybridized carbons (Fsp3) is 0. The van der Waals surface area contributed by atoms with E-state index in [-0.39, 0.29) is 6.71 Å². The van der Waals surface area contributed by atoms with Crippen LogP contribution < -0.4 is 26.6 Å². The number of hydrogen-bond donors (Lipinski definition) is 0. The predicted molar refractivity (Wildman–Crippen MR) is 176 cm³/mol. The van der Waals surface area contributed by atoms with Crippen LogP contribution in [0.15, 0.2) is 160 Å². The zero-order chi connectivity index (χ0) is 28.3. The smallest absolute Gasteiger partial charge is 0.342 e. The molecule has 2 aliphatic rings. The van der Waals surface area contributed by atoms with Gasteiger partial charge in [-0.2, -0.15) is 0 Å². The van der Waals surface area contributed by atoms with Crippen LogP contribution in [0.25, 0.3) is 22.6 Å². The van der Waals surface area contributed by atoms with Crippen molar-refractivity contribution in [3.63, 3.8) is 0 Å². The molecule has 202 valence electrons. The Morgan fingerprint density at radius 3 is 1.21 bits per heavy atom. The Morgan fingerprint density at radius 2 is 0.791 bits per heavy atom. The number of furan rings is 2. The van der Waals surface area contributed by atoms with Crippen LogP contribution in [0.5, 0.6) is 0 Å². The van der Waals surface area contributed by atoms with Crippen molar-refractivity contribution in [3.05, 3.63) is 152 Å². The molecule has 5 aromatic carbocycles. The van der Waals surface area contributed by atoms with Gasteiger partial charge in [0.25, 0.3) is 0 Å². The van der Waals surface area contributed by atoms with Crippen LogP contribution in [-0.2, 0) is 0 Å². The minimum atomic E-state index is -0.217. The number of benzene rings is 5. The van der Waals surface area contributed by atoms with Gasteiger partial charge in [0.05, 0.1) is 11.4 Å². The van der Waals surface area contributed by atoms with E-state index >= 15 is 0 Å². The first-order chi connectivity index (χ1) is 21.3. The highest BCUT2D eigenvalue weighted by molar-refractivity contribution is 6.99. The first-order valence-electron chi connectivity index (χ1n) is 14.6. The second-order valence-corrected chi connectivity index (χ2v) is 10.9. The van der Waals surface area contributed by atoms with Gasteiger partial charge in [-0.1, -0.05) is 103 Å². The van der Waals surface area contributed by atoms with Crippen molar-refractivity contribution in [1.29, 1.82) is 0 Å². The Hall–Kier alpha value is -5.68. The minimum Gasteiger partial charge on any atom is -0.468 e. The molecule has 0 N–H and O–H groups in total. The standard InChI is InChI=1S/C38H25BN2O2/c1-5-14-26(15-6-1)34-24-32-37(42-34)39-36-30(40(32)28-18-9-3-10-19-28)22-13-23-31(36)41(29-20-11-4-12-21-29)33-25-35(43-38(33)39)27-16-7-2-8-17-27/h1-25H. The van der Waals surface area contributed by atoms with Gasteiger partial charge in [0, 0.05) is 46.0 Å². The molecular weight excluding hydrogens is 527 g/mol. The summed E-state index contributed by atoms with van der Waals surface area (Å²) in [6.45, 7) is -0.217. The van der Waals surface area contributed by atoms with E-state index in [1.54, 1.807) is 0 Å². The highest BCUT2D eigenvalue weighted by atomic mass is 16.4. The van der Waals surface area contributed by atoms with Gasteiger partial charge in [0.2, 0.25) is 0 Å². The molecule has 43 heavy (non-hydrogen) atoms. The molecule has 0 fully saturated rings. The van der Waals surface area contributed by atoms with Crippen molar-refractivity contribution in [1.82, 2.24) is 0 Å². The van der Waals surface area contributed by atoms with Crippen molar-refractivity contribution in [2.45, 2.75) is 0 Å². The number of fused-ring (bicyclic) bond motifs is 4. The highest BCUT2D eigenvalue weighted by Crippen LogP contribution is 2.46. The molecule has 0 unspecified atom stereocenters. The molecule has 2 aromatic heterocycles. The Morgan fingerprint density at radius 1 is 0.395 bits per heavy atom. The summed E-state index contributed by atoms with van der Waals surface area (Å²) >= 11 is 0. The van der Waals surface area contributed by atoms with Crippen LogP contribution in [-0.4, -0.2) is 6.71 Å². The lowest BCUT2D eigenvalue weighted by Crippen LogP contribution is -2.60. The van der Waals surface area contributed by atoms with Crippen LogP contribution >= 0.6 is 0 Å². The number of para-hydroxylation sites is 2. The van der Waals surface area contributed by atoms with Crippen LogP contribution in [0.3, 0.4) is 0 Å². The lowest BCUT2D eigenvalue weighted by molar-refractivity contribution is 0.603. The highest BCUT2D eigenvalue weighted by Gasteiger charge is 2.48. The lowest BCUT2D eigenvalue weighted by Gasteiger charge is -2.40. The van der Waals surface area contributed by atoms with Crippen LogP contribution in [0.2, 0.25) is 0 Å². The molecule has 2 aliphatic heterocycles. The summed E-state index contributed by atoms with van der Waals surface area (Å²) in [7, 11) is 0. The third-order valence-electron chi connectivity index (χ3n) is 8.46. The van der Waals surface area contributed by atoms with E-state index in [0.29, 0.717) is 0 Å². The van der Waals surface area contributed by atoms with E-state index < -0.39 is 0 Å². The Balaban J connectivity index is 1.36. The summed E-state index contributed by atoms with van der Waals surface area (Å²) in [5.41, 5.74) is 11.5. The molecule has 7 aromatic rings. The second-order valence-electron chi connectivity index (χ2n) is 10.9. The maximum Gasteiger partial charge on any atom is 0.342 e. The van der Waals surface area contributed by atoms with Crippen LogP contribution in [0.1, 0.15) is 0 Å². The normalized spacial score (nSPS) is 13.0. The summed E-state index contributed by atoms with van der Waals surface area (Å²) in [6.07, 6.45) is 0. The van der Waals surface area contributed by atoms with E-state index in [1.807, 2.05) is 36.4 Å². The molecule has 0 saturated carbocycles. The monoisotopic (exact) mass is 552 g/mol. The molecule has 0 aliphatic carbocycles. The largest absolute Gasteiger partial charge is 0.468 e. The van der Waals surface area contributed by atoms with Crippen LogP contribution in [0, 0.1) is 0 Å². The molecule has 5 heteroatoms. The number of rotatable bonds is 4. The quantitative estimate of drug-likeness (QED) is 0.206. The zero-order valence-electron chi connectivity index (χ0n) is 23.2. The molecule has 0 spiro atoms. The summed E-state index contributed by atoms with van der Waals surface area (Å²) in [6, 6.07) is 52.7. The minimum absolute atomic E-state index is 0.217. The van der Waals surface area contributed by atoms with Gasteiger partial charge in [-0.25, -0.2) is 0 Å². The van der Waals surface area contributed by atoms with Crippen molar-refractivity contribution < 1.29 is 8.83 Å². The zero-order valence-corrected chi connectivity index (χ0v) is 23.2. The van der Waals surface area contributed by atoms with Gasteiger partial charge in [-0.3, -0.25) is 0 Å². The van der Waals surface area contributed by atoms with Crippen molar-refractivity contribution in [2.24, 2.45) is 0 Å². The summed E-state index contributed by atoms with van der Waals surface area (Å²) in [5, 5.41) is 0. The van der Waals surface area contributed by atoms with E-state index in [1.165, 1.54) is 0 Å². The number of anilines is 6. The molecule has 9 rings (SSSR count). The van der Waals surface area contributed by atoms with E-state index in [9.17, 15) is 0 Å². The van der Waals surface area contributed by atoms with Gasteiger partial charge in [0.1, 0.15) is 22.8 Å². The fourth-order valence-electron chi connectivity index (χ4n) is 6.62. The molecule has 0 bridgehead atoms. The Labute approximate surface area is 250 Å². The maximum absolute atomic E-state index is 6.89. The third-order valence-corrected chi connectivity index (χ3v) is 8.46. The first-order valence-corrected chi connectivity index (χ1v) is 14.6. The van der Waals surface area contributed by atoms with Gasteiger partial charge in [-0.05, 0) is 41.9 Å². The van der Waals surface area contributed by atoms with Crippen molar-refractivity contribution in [3.8, 4) is 22.6 Å². The topological polar surface area (TPSA) is 32.8 Å². The fourth-order valence-corrected chi connectivity index (χ4v) is 6.62. The van der Waals surface area contributed by atoms with E-state index in [2.05, 4.69) is 125 Å². The lowest BCUT2D eigenvalue weighted by atomic mass is 9.38. The van der Waals surface area contributed by atoms with Gasteiger partial charge in [0.15, 0.2) is 0 Å². The molecule has 0 amide bonds. The Kier molecular flexibility index (Phi) is 5.26. The first kappa shape index (κ1) is 24.0. The average Bonchev–Trinajstić information content (AvgIpc) is 3.72. The maximum atomic E-state index is 6.89. The predicted octanol–water partition coefficient (Wildman–Crippen LogP) is 8.29. The summed E-state index contributed by atoms with van der Waals surface area (Å²) < 4.78 is 13.8. The SMILES string of the molecule is c1ccc(-c2cc3c(o2)B2c4oc(-c5ccccc5)cc4N(c4ccccc4)c4cccc(c42)N3c2ccccc2)cc1. The van der Waals surface area contributed by atoms with Crippen LogP contribution in [0.4, 0.5) is 34.1 Å². The molecule has 4 heterocycles. The molecular formula is C38H25BN2O2. The molecule has 0 atom stereocenters. The summed E-state index contributed by atoms with van der Waals surface area (Å²) in [5.74, 6) is 1.67. The molecule has 4 nitrogen and oxygen atoms in total. The van der Waals surface area contributed by atoms with Gasteiger partial charge < -0.3 is 18.6 Å². The Bertz CT molecular complexity index is 1940. The second kappa shape index (κ2) is 9.43. The van der Waals surface area contributed by atoms with Crippen molar-refractivity contribution >= 4 is 57.6 Å². The van der Waals surface area contributed by atoms with E-state index in [0.717, 1.165) is 73.6 Å². The third kappa shape index (κ3) is 3.65. The number of nitrogens with zero attached hydrogens (tertiary/aromatic N) is 2.